The SMILES string of the molecule is COC1CC(NS(=O)(=O)c2ccc(Br)cc2N)C1(C)C. The van der Waals surface area contributed by atoms with E-state index in [2.05, 4.69) is 20.7 Å². The third-order valence-electron chi connectivity index (χ3n) is 4.02. The van der Waals surface area contributed by atoms with Gasteiger partial charge in [0, 0.05) is 23.0 Å². The quantitative estimate of drug-likeness (QED) is 0.803. The second kappa shape index (κ2) is 5.29. The predicted octanol–water partition coefficient (Wildman–Crippen LogP) is 2.12. The molecule has 1 aromatic carbocycles. The van der Waals surface area contributed by atoms with Gasteiger partial charge in [-0.1, -0.05) is 29.8 Å². The maximum Gasteiger partial charge on any atom is 0.242 e. The van der Waals surface area contributed by atoms with Gasteiger partial charge in [-0.15, -0.1) is 0 Å². The maximum atomic E-state index is 12.4. The molecule has 0 radical (unpaired) electrons. The second-order valence-corrected chi connectivity index (χ2v) is 8.24. The predicted molar refractivity (Wildman–Crippen MR) is 81.9 cm³/mol. The summed E-state index contributed by atoms with van der Waals surface area (Å²) in [6, 6.07) is 4.59. The molecule has 2 atom stereocenters. The minimum atomic E-state index is -3.62. The van der Waals surface area contributed by atoms with E-state index in [0.29, 0.717) is 6.42 Å². The Morgan fingerprint density at radius 2 is 2.10 bits per heavy atom. The number of methoxy groups -OCH3 is 1. The summed E-state index contributed by atoms with van der Waals surface area (Å²) in [7, 11) is -1.98. The van der Waals surface area contributed by atoms with Gasteiger partial charge in [0.2, 0.25) is 10.0 Å². The number of benzene rings is 1. The van der Waals surface area contributed by atoms with Crippen LogP contribution in [0.5, 0.6) is 0 Å². The van der Waals surface area contributed by atoms with E-state index in [9.17, 15) is 8.42 Å². The van der Waals surface area contributed by atoms with Crippen LogP contribution in [0.4, 0.5) is 5.69 Å². The smallest absolute Gasteiger partial charge is 0.242 e. The Kier molecular flexibility index (Phi) is 4.17. The van der Waals surface area contributed by atoms with E-state index in [-0.39, 0.29) is 28.1 Å². The molecule has 0 saturated heterocycles. The van der Waals surface area contributed by atoms with Crippen molar-refractivity contribution < 1.29 is 13.2 Å². The fourth-order valence-electron chi connectivity index (χ4n) is 2.50. The molecule has 1 saturated carbocycles. The Labute approximate surface area is 128 Å². The minimum Gasteiger partial charge on any atom is -0.398 e. The third-order valence-corrected chi connectivity index (χ3v) is 6.06. The number of nitrogens with one attached hydrogen (secondary N) is 1. The summed E-state index contributed by atoms with van der Waals surface area (Å²) in [5.41, 5.74) is 5.79. The molecule has 3 N–H and O–H groups in total. The molecule has 0 aromatic heterocycles. The third kappa shape index (κ3) is 2.72. The zero-order valence-corrected chi connectivity index (χ0v) is 14.1. The lowest BCUT2D eigenvalue weighted by Gasteiger charge is -2.50. The van der Waals surface area contributed by atoms with Crippen LogP contribution in [0.1, 0.15) is 20.3 Å². The van der Waals surface area contributed by atoms with Gasteiger partial charge in [0.25, 0.3) is 0 Å². The molecule has 2 unspecified atom stereocenters. The van der Waals surface area contributed by atoms with Gasteiger partial charge in [-0.3, -0.25) is 0 Å². The molecular weight excluding hydrogens is 344 g/mol. The first-order chi connectivity index (χ1) is 9.18. The summed E-state index contributed by atoms with van der Waals surface area (Å²) in [6.45, 7) is 3.98. The Morgan fingerprint density at radius 3 is 2.60 bits per heavy atom. The van der Waals surface area contributed by atoms with Crippen molar-refractivity contribution in [2.24, 2.45) is 5.41 Å². The molecule has 0 amide bonds. The molecule has 0 aliphatic heterocycles. The number of ether oxygens (including phenoxy) is 1. The van der Waals surface area contributed by atoms with Crippen LogP contribution in [-0.2, 0) is 14.8 Å². The molecule has 112 valence electrons. The van der Waals surface area contributed by atoms with E-state index in [4.69, 9.17) is 10.5 Å². The van der Waals surface area contributed by atoms with Crippen LogP contribution in [0.3, 0.4) is 0 Å². The van der Waals surface area contributed by atoms with Crippen molar-refractivity contribution >= 4 is 31.6 Å². The highest BCUT2D eigenvalue weighted by molar-refractivity contribution is 9.10. The average molecular weight is 363 g/mol. The number of nitrogen functional groups attached to an aromatic ring is 1. The highest BCUT2D eigenvalue weighted by Gasteiger charge is 2.50. The highest BCUT2D eigenvalue weighted by Crippen LogP contribution is 2.43. The van der Waals surface area contributed by atoms with Crippen molar-refractivity contribution in [1.82, 2.24) is 4.72 Å². The van der Waals surface area contributed by atoms with Crippen molar-refractivity contribution in [2.75, 3.05) is 12.8 Å². The van der Waals surface area contributed by atoms with Crippen LogP contribution in [0.2, 0.25) is 0 Å². The van der Waals surface area contributed by atoms with Crippen molar-refractivity contribution in [3.63, 3.8) is 0 Å². The average Bonchev–Trinajstić information content (AvgIpc) is 2.33. The highest BCUT2D eigenvalue weighted by atomic mass is 79.9. The van der Waals surface area contributed by atoms with Crippen molar-refractivity contribution in [3.8, 4) is 0 Å². The topological polar surface area (TPSA) is 81.4 Å². The molecular formula is C13H19BrN2O3S. The number of anilines is 1. The molecule has 1 aliphatic carbocycles. The monoisotopic (exact) mass is 362 g/mol. The van der Waals surface area contributed by atoms with Gasteiger partial charge in [0.15, 0.2) is 0 Å². The number of halogens is 1. The zero-order chi connectivity index (χ0) is 15.1. The van der Waals surface area contributed by atoms with E-state index >= 15 is 0 Å². The van der Waals surface area contributed by atoms with Gasteiger partial charge in [0.05, 0.1) is 11.8 Å². The van der Waals surface area contributed by atoms with Gasteiger partial charge >= 0.3 is 0 Å². The van der Waals surface area contributed by atoms with Crippen molar-refractivity contribution in [2.45, 2.75) is 37.3 Å². The summed E-state index contributed by atoms with van der Waals surface area (Å²) >= 11 is 3.26. The Morgan fingerprint density at radius 1 is 1.45 bits per heavy atom. The lowest BCUT2D eigenvalue weighted by atomic mass is 9.65. The Balaban J connectivity index is 2.21. The van der Waals surface area contributed by atoms with Gasteiger partial charge < -0.3 is 10.5 Å². The summed E-state index contributed by atoms with van der Waals surface area (Å²) < 4.78 is 33.6. The fourth-order valence-corrected chi connectivity index (χ4v) is 4.40. The zero-order valence-electron chi connectivity index (χ0n) is 11.7. The van der Waals surface area contributed by atoms with Gasteiger partial charge in [-0.2, -0.15) is 0 Å². The first-order valence-corrected chi connectivity index (χ1v) is 8.56. The normalized spacial score (nSPS) is 25.2. The fraction of sp³-hybridized carbons (Fsp3) is 0.538. The lowest BCUT2D eigenvalue weighted by Crippen LogP contribution is -2.61. The lowest BCUT2D eigenvalue weighted by molar-refractivity contribution is -0.0908. The van der Waals surface area contributed by atoms with Crippen LogP contribution in [-0.4, -0.2) is 27.7 Å². The number of hydrogen-bond acceptors (Lipinski definition) is 4. The van der Waals surface area contributed by atoms with E-state index < -0.39 is 10.0 Å². The number of rotatable bonds is 4. The van der Waals surface area contributed by atoms with Gasteiger partial charge in [0.1, 0.15) is 4.90 Å². The summed E-state index contributed by atoms with van der Waals surface area (Å²) in [4.78, 5) is 0.109. The van der Waals surface area contributed by atoms with E-state index in [0.717, 1.165) is 4.47 Å². The molecule has 0 spiro atoms. The van der Waals surface area contributed by atoms with Crippen molar-refractivity contribution in [1.29, 1.82) is 0 Å². The van der Waals surface area contributed by atoms with Crippen LogP contribution in [0.15, 0.2) is 27.6 Å². The van der Waals surface area contributed by atoms with Crippen molar-refractivity contribution in [3.05, 3.63) is 22.7 Å². The van der Waals surface area contributed by atoms with Crippen LogP contribution in [0.25, 0.3) is 0 Å². The Hall–Kier alpha value is -0.630. The molecule has 5 nitrogen and oxygen atoms in total. The summed E-state index contributed by atoms with van der Waals surface area (Å²) in [5.74, 6) is 0. The second-order valence-electron chi connectivity index (χ2n) is 5.64. The molecule has 2 rings (SSSR count). The van der Waals surface area contributed by atoms with Crippen LogP contribution >= 0.6 is 15.9 Å². The van der Waals surface area contributed by atoms with E-state index in [1.165, 1.54) is 6.07 Å². The molecule has 0 heterocycles. The van der Waals surface area contributed by atoms with E-state index in [1.54, 1.807) is 19.2 Å². The van der Waals surface area contributed by atoms with E-state index in [1.807, 2.05) is 13.8 Å². The molecule has 7 heteroatoms. The van der Waals surface area contributed by atoms with Gasteiger partial charge in [-0.05, 0) is 24.6 Å². The standard InChI is InChI=1S/C13H19BrN2O3S/c1-13(2)11(7-12(13)19-3)16-20(17,18)10-5-4-8(14)6-9(10)15/h4-6,11-12,16H,7,15H2,1-3H3. The van der Waals surface area contributed by atoms with Gasteiger partial charge in [-0.25, -0.2) is 13.1 Å². The molecule has 1 fully saturated rings. The summed E-state index contributed by atoms with van der Waals surface area (Å²) in [6.07, 6.45) is 0.733. The molecule has 1 aliphatic rings. The first-order valence-electron chi connectivity index (χ1n) is 6.28. The van der Waals surface area contributed by atoms with Crippen LogP contribution in [0, 0.1) is 5.41 Å². The van der Waals surface area contributed by atoms with Crippen LogP contribution < -0.4 is 10.5 Å². The maximum absolute atomic E-state index is 12.4. The minimum absolute atomic E-state index is 0.0671. The Bertz CT molecular complexity index is 616. The molecule has 0 bridgehead atoms. The number of sulfonamides is 1. The number of nitrogens with two attached hydrogens (primary N) is 1. The summed E-state index contributed by atoms with van der Waals surface area (Å²) in [5, 5.41) is 0. The molecule has 20 heavy (non-hydrogen) atoms. The first kappa shape index (κ1) is 15.8. The largest absolute Gasteiger partial charge is 0.398 e. The number of hydrogen-bond donors (Lipinski definition) is 2. The molecule has 1 aromatic rings.